The molecular formula is C12H18O3. The highest BCUT2D eigenvalue weighted by Gasteiger charge is 2.30. The Morgan fingerprint density at radius 3 is 2.87 bits per heavy atom. The van der Waals surface area contributed by atoms with Crippen molar-refractivity contribution in [3.63, 3.8) is 0 Å². The number of hydrogen-bond donors (Lipinski definition) is 0. The van der Waals surface area contributed by atoms with Crippen molar-refractivity contribution in [1.82, 2.24) is 0 Å². The van der Waals surface area contributed by atoms with E-state index in [0.717, 1.165) is 12.8 Å². The van der Waals surface area contributed by atoms with E-state index in [2.05, 4.69) is 0 Å². The van der Waals surface area contributed by atoms with Crippen molar-refractivity contribution in [1.29, 1.82) is 0 Å². The van der Waals surface area contributed by atoms with Gasteiger partial charge in [0.2, 0.25) is 0 Å². The number of methoxy groups -OCH3 is 1. The van der Waals surface area contributed by atoms with Crippen molar-refractivity contribution in [2.45, 2.75) is 32.6 Å². The molecule has 0 aromatic rings. The minimum absolute atomic E-state index is 0.134. The van der Waals surface area contributed by atoms with E-state index in [-0.39, 0.29) is 23.6 Å². The van der Waals surface area contributed by atoms with Gasteiger partial charge in [0.05, 0.1) is 13.0 Å². The smallest absolute Gasteiger partial charge is 0.312 e. The molecule has 1 saturated carbocycles. The Hall–Kier alpha value is -1.12. The van der Waals surface area contributed by atoms with E-state index in [1.54, 1.807) is 0 Å². The molecule has 3 heteroatoms. The Labute approximate surface area is 90.5 Å². The molecule has 1 rings (SSSR count). The van der Waals surface area contributed by atoms with Gasteiger partial charge in [-0.05, 0) is 25.7 Å². The van der Waals surface area contributed by atoms with Crippen LogP contribution in [0.25, 0.3) is 0 Å². The largest absolute Gasteiger partial charge is 0.469 e. The van der Waals surface area contributed by atoms with Gasteiger partial charge < -0.3 is 4.74 Å². The van der Waals surface area contributed by atoms with Crippen molar-refractivity contribution in [3.05, 3.63) is 12.2 Å². The van der Waals surface area contributed by atoms with Crippen LogP contribution in [-0.4, -0.2) is 18.9 Å². The summed E-state index contributed by atoms with van der Waals surface area (Å²) >= 11 is 0. The summed E-state index contributed by atoms with van der Waals surface area (Å²) in [5.41, 5.74) is 0. The lowest BCUT2D eigenvalue weighted by Crippen LogP contribution is -2.28. The molecule has 0 radical (unpaired) electrons. The number of ether oxygens (including phenoxy) is 1. The number of Topliss-reactive ketones (excluding diaryl/α,β-unsaturated/α-hetero) is 1. The van der Waals surface area contributed by atoms with Gasteiger partial charge in [-0.15, -0.1) is 0 Å². The highest BCUT2D eigenvalue weighted by atomic mass is 16.5. The van der Waals surface area contributed by atoms with Crippen LogP contribution >= 0.6 is 0 Å². The van der Waals surface area contributed by atoms with Crippen molar-refractivity contribution in [2.75, 3.05) is 7.11 Å². The maximum Gasteiger partial charge on any atom is 0.312 e. The highest BCUT2D eigenvalue weighted by molar-refractivity contribution is 5.81. The second-order valence-electron chi connectivity index (χ2n) is 3.97. The lowest BCUT2D eigenvalue weighted by molar-refractivity contribution is -0.146. The monoisotopic (exact) mass is 210 g/mol. The number of carbonyl (C=O) groups is 2. The normalized spacial score (nSPS) is 24.1. The fraction of sp³-hybridized carbons (Fsp3) is 0.667. The first kappa shape index (κ1) is 12.0. The molecule has 0 aromatic carbocycles. The summed E-state index contributed by atoms with van der Waals surface area (Å²) in [7, 11) is 1.39. The third-order valence-corrected chi connectivity index (χ3v) is 2.90. The molecule has 84 valence electrons. The van der Waals surface area contributed by atoms with E-state index < -0.39 is 0 Å². The molecule has 2 atom stereocenters. The summed E-state index contributed by atoms with van der Waals surface area (Å²) in [5, 5.41) is 0. The topological polar surface area (TPSA) is 43.4 Å². The Kier molecular flexibility index (Phi) is 4.53. The molecular weight excluding hydrogens is 192 g/mol. The van der Waals surface area contributed by atoms with Gasteiger partial charge in [-0.25, -0.2) is 0 Å². The number of esters is 1. The third-order valence-electron chi connectivity index (χ3n) is 2.90. The van der Waals surface area contributed by atoms with Crippen LogP contribution in [0.1, 0.15) is 32.6 Å². The average molecular weight is 210 g/mol. The Morgan fingerprint density at radius 1 is 1.60 bits per heavy atom. The van der Waals surface area contributed by atoms with E-state index in [4.69, 9.17) is 4.74 Å². The molecule has 1 aliphatic rings. The molecule has 0 amide bonds. The van der Waals surface area contributed by atoms with Gasteiger partial charge in [0, 0.05) is 12.8 Å². The molecule has 1 unspecified atom stereocenters. The molecule has 15 heavy (non-hydrogen) atoms. The second-order valence-corrected chi connectivity index (χ2v) is 3.97. The number of rotatable bonds is 3. The summed E-state index contributed by atoms with van der Waals surface area (Å²) in [6.07, 6.45) is 6.71. The van der Waals surface area contributed by atoms with Crippen molar-refractivity contribution in [2.24, 2.45) is 11.8 Å². The summed E-state index contributed by atoms with van der Waals surface area (Å²) < 4.78 is 4.75. The maximum absolute atomic E-state index is 11.5. The summed E-state index contributed by atoms with van der Waals surface area (Å²) in [6, 6.07) is 0. The Balaban J connectivity index is 2.70. The predicted molar refractivity (Wildman–Crippen MR) is 57.3 cm³/mol. The molecule has 0 N–H and O–H groups in total. The SMILES string of the molecule is C/C=C/C(C(=O)OC)[C@@H]1CCCC(=O)C1. The van der Waals surface area contributed by atoms with Gasteiger partial charge >= 0.3 is 5.97 Å². The van der Waals surface area contributed by atoms with Crippen LogP contribution in [0, 0.1) is 11.8 Å². The molecule has 0 heterocycles. The van der Waals surface area contributed by atoms with Gasteiger partial charge in [0.15, 0.2) is 0 Å². The predicted octanol–water partition coefficient (Wildman–Crippen LogP) is 2.11. The molecule has 0 saturated heterocycles. The Morgan fingerprint density at radius 2 is 2.33 bits per heavy atom. The maximum atomic E-state index is 11.5. The Bertz CT molecular complexity index is 268. The second kappa shape index (κ2) is 5.69. The standard InChI is InChI=1S/C12H18O3/c1-3-5-11(12(14)15-2)9-6-4-7-10(13)8-9/h3,5,9,11H,4,6-8H2,1-2H3/b5-3+/t9-,11?/m1/s1. The van der Waals surface area contributed by atoms with E-state index in [0.29, 0.717) is 12.8 Å². The van der Waals surface area contributed by atoms with Gasteiger partial charge in [-0.1, -0.05) is 12.2 Å². The highest BCUT2D eigenvalue weighted by Crippen LogP contribution is 2.29. The van der Waals surface area contributed by atoms with E-state index in [1.165, 1.54) is 7.11 Å². The molecule has 0 bridgehead atoms. The van der Waals surface area contributed by atoms with Crippen LogP contribution in [0.15, 0.2) is 12.2 Å². The average Bonchev–Trinajstić information content (AvgIpc) is 2.25. The fourth-order valence-corrected chi connectivity index (χ4v) is 2.14. The summed E-state index contributed by atoms with van der Waals surface area (Å²) in [6.45, 7) is 1.88. The zero-order valence-electron chi connectivity index (χ0n) is 9.36. The lowest BCUT2D eigenvalue weighted by Gasteiger charge is -2.25. The molecule has 3 nitrogen and oxygen atoms in total. The number of hydrogen-bond acceptors (Lipinski definition) is 3. The van der Waals surface area contributed by atoms with Crippen LogP contribution < -0.4 is 0 Å². The molecule has 0 aliphatic heterocycles. The quantitative estimate of drug-likeness (QED) is 0.529. The van der Waals surface area contributed by atoms with Crippen LogP contribution in [0.4, 0.5) is 0 Å². The summed E-state index contributed by atoms with van der Waals surface area (Å²) in [5.74, 6) is -0.0726. The molecule has 0 spiro atoms. The number of carbonyl (C=O) groups excluding carboxylic acids is 2. The first-order chi connectivity index (χ1) is 7.19. The van der Waals surface area contributed by atoms with E-state index in [9.17, 15) is 9.59 Å². The zero-order chi connectivity index (χ0) is 11.3. The summed E-state index contributed by atoms with van der Waals surface area (Å²) in [4.78, 5) is 22.8. The van der Waals surface area contributed by atoms with Crippen molar-refractivity contribution in [3.8, 4) is 0 Å². The lowest BCUT2D eigenvalue weighted by atomic mass is 9.79. The minimum Gasteiger partial charge on any atom is -0.469 e. The number of allylic oxidation sites excluding steroid dienone is 1. The number of ketones is 1. The van der Waals surface area contributed by atoms with Gasteiger partial charge in [0.1, 0.15) is 5.78 Å². The molecule has 0 aromatic heterocycles. The fourth-order valence-electron chi connectivity index (χ4n) is 2.14. The third kappa shape index (κ3) is 3.18. The van der Waals surface area contributed by atoms with Crippen LogP contribution in [0.5, 0.6) is 0 Å². The van der Waals surface area contributed by atoms with Gasteiger partial charge in [0.25, 0.3) is 0 Å². The molecule has 1 aliphatic carbocycles. The minimum atomic E-state index is -0.246. The van der Waals surface area contributed by atoms with Crippen molar-refractivity contribution >= 4 is 11.8 Å². The van der Waals surface area contributed by atoms with Gasteiger partial charge in [-0.3, -0.25) is 9.59 Å². The van der Waals surface area contributed by atoms with Crippen LogP contribution in [0.3, 0.4) is 0 Å². The first-order valence-corrected chi connectivity index (χ1v) is 5.41. The van der Waals surface area contributed by atoms with E-state index >= 15 is 0 Å². The molecule has 1 fully saturated rings. The van der Waals surface area contributed by atoms with E-state index in [1.807, 2.05) is 19.1 Å². The zero-order valence-corrected chi connectivity index (χ0v) is 9.36. The van der Waals surface area contributed by atoms with Crippen LogP contribution in [-0.2, 0) is 14.3 Å². The van der Waals surface area contributed by atoms with Crippen molar-refractivity contribution < 1.29 is 14.3 Å². The van der Waals surface area contributed by atoms with Crippen LogP contribution in [0.2, 0.25) is 0 Å². The first-order valence-electron chi connectivity index (χ1n) is 5.41. The van der Waals surface area contributed by atoms with Gasteiger partial charge in [-0.2, -0.15) is 0 Å².